The summed E-state index contributed by atoms with van der Waals surface area (Å²) in [5, 5.41) is 0.304. The average Bonchev–Trinajstić information content (AvgIpc) is 3.21. The molecule has 2 aliphatic heterocycles. The van der Waals surface area contributed by atoms with Gasteiger partial charge in [0.25, 0.3) is 5.17 Å². The molecule has 8 nitrogen and oxygen atoms in total. The van der Waals surface area contributed by atoms with Crippen LogP contribution in [0.15, 0.2) is 35.5 Å². The molecular formula is C23H28F3N5O3S2. The van der Waals surface area contributed by atoms with Crippen molar-refractivity contribution < 1.29 is 26.3 Å². The van der Waals surface area contributed by atoms with Crippen molar-refractivity contribution in [3.05, 3.63) is 36.2 Å². The molecule has 0 amide bonds. The molecule has 0 saturated carbocycles. The molecule has 2 aromatic rings. The van der Waals surface area contributed by atoms with E-state index in [1.165, 1.54) is 12.1 Å². The van der Waals surface area contributed by atoms with Crippen molar-refractivity contribution in [2.75, 3.05) is 35.7 Å². The second-order valence-electron chi connectivity index (χ2n) is 9.19. The van der Waals surface area contributed by atoms with Gasteiger partial charge in [0.2, 0.25) is 0 Å². The second kappa shape index (κ2) is 10.0. The number of ether oxygens (including phenoxy) is 1. The number of hydrogen-bond acceptors (Lipinski definition) is 8. The molecule has 1 aromatic heterocycles. The number of aromatic nitrogens is 2. The third-order valence-corrected chi connectivity index (χ3v) is 7.70. The number of fused-ring (bicyclic) bond motifs is 1. The normalized spacial score (nSPS) is 16.9. The number of benzene rings is 1. The van der Waals surface area contributed by atoms with E-state index < -0.39 is 22.2 Å². The van der Waals surface area contributed by atoms with Gasteiger partial charge in [-0.3, -0.25) is 4.90 Å². The molecule has 0 unspecified atom stereocenters. The molecule has 13 heteroatoms. The average molecular weight is 544 g/mol. The number of alkyl halides is 3. The summed E-state index contributed by atoms with van der Waals surface area (Å²) < 4.78 is 72.1. The maximum absolute atomic E-state index is 14.3. The monoisotopic (exact) mass is 543 g/mol. The van der Waals surface area contributed by atoms with Crippen LogP contribution in [0, 0.1) is 0 Å². The first-order valence-corrected chi connectivity index (χ1v) is 13.9. The van der Waals surface area contributed by atoms with Crippen LogP contribution in [-0.4, -0.2) is 72.8 Å². The van der Waals surface area contributed by atoms with Crippen LogP contribution in [0.5, 0.6) is 0 Å². The Labute approximate surface area is 214 Å². The zero-order chi connectivity index (χ0) is 26.3. The van der Waals surface area contributed by atoms with Crippen LogP contribution in [0.25, 0.3) is 0 Å². The molecule has 36 heavy (non-hydrogen) atoms. The fourth-order valence-electron chi connectivity index (χ4n) is 4.57. The molecule has 196 valence electrons. The van der Waals surface area contributed by atoms with Gasteiger partial charge in [-0.1, -0.05) is 0 Å². The van der Waals surface area contributed by atoms with E-state index in [4.69, 9.17) is 17.0 Å². The number of sulfone groups is 1. The Morgan fingerprint density at radius 3 is 2.47 bits per heavy atom. The zero-order valence-corrected chi connectivity index (χ0v) is 21.8. The number of nitrogens with zero attached hydrogens (tertiary/aromatic N) is 5. The Morgan fingerprint density at radius 1 is 1.17 bits per heavy atom. The van der Waals surface area contributed by atoms with Crippen LogP contribution in [0.3, 0.4) is 0 Å². The Bertz CT molecular complexity index is 1230. The highest BCUT2D eigenvalue weighted by Crippen LogP contribution is 2.38. The molecule has 1 fully saturated rings. The lowest BCUT2D eigenvalue weighted by Gasteiger charge is -2.40. The van der Waals surface area contributed by atoms with Crippen LogP contribution in [0.4, 0.5) is 30.5 Å². The molecule has 0 N–H and O–H groups in total. The SMILES string of the molecule is CC(C)OC(=S)N1CCC(N(c2cc(N3CCc4cc(S(C)(=O)=O)ccc43)ncn2)C(F)(F)F)CC1. The molecule has 3 heterocycles. The largest absolute Gasteiger partial charge is 0.486 e. The van der Waals surface area contributed by atoms with E-state index in [9.17, 15) is 21.6 Å². The van der Waals surface area contributed by atoms with Crippen molar-refractivity contribution in [2.24, 2.45) is 0 Å². The van der Waals surface area contributed by atoms with Crippen LogP contribution in [0.1, 0.15) is 32.3 Å². The van der Waals surface area contributed by atoms with Crippen LogP contribution < -0.4 is 9.80 Å². The molecule has 2 aliphatic rings. The number of likely N-dealkylation sites (tertiary alicyclic amines) is 1. The Hall–Kier alpha value is -2.67. The van der Waals surface area contributed by atoms with Crippen LogP contribution in [0.2, 0.25) is 0 Å². The highest BCUT2D eigenvalue weighted by atomic mass is 32.2. The van der Waals surface area contributed by atoms with Gasteiger partial charge in [0.1, 0.15) is 18.0 Å². The van der Waals surface area contributed by atoms with E-state index in [1.54, 1.807) is 21.9 Å². The number of halogens is 3. The number of hydrogen-bond donors (Lipinski definition) is 0. The highest BCUT2D eigenvalue weighted by Gasteiger charge is 2.44. The van der Waals surface area contributed by atoms with Crippen molar-refractivity contribution in [1.82, 2.24) is 14.9 Å². The van der Waals surface area contributed by atoms with E-state index in [1.807, 2.05) is 13.8 Å². The van der Waals surface area contributed by atoms with Crippen molar-refractivity contribution in [3.63, 3.8) is 0 Å². The second-order valence-corrected chi connectivity index (χ2v) is 11.6. The molecule has 4 rings (SSSR count). The van der Waals surface area contributed by atoms with Crippen molar-refractivity contribution in [1.29, 1.82) is 0 Å². The first kappa shape index (κ1) is 26.4. The molecule has 0 bridgehead atoms. The molecule has 1 aromatic carbocycles. The third-order valence-electron chi connectivity index (χ3n) is 6.23. The summed E-state index contributed by atoms with van der Waals surface area (Å²) in [5.41, 5.74) is 1.52. The van der Waals surface area contributed by atoms with Gasteiger partial charge in [-0.2, -0.15) is 13.2 Å². The van der Waals surface area contributed by atoms with Crippen molar-refractivity contribution >= 4 is 44.6 Å². The first-order valence-electron chi connectivity index (χ1n) is 11.6. The topological polar surface area (TPSA) is 78.9 Å². The number of piperidine rings is 1. The minimum Gasteiger partial charge on any atom is -0.468 e. The van der Waals surface area contributed by atoms with E-state index >= 15 is 0 Å². The van der Waals surface area contributed by atoms with Gasteiger partial charge in [0.15, 0.2) is 9.84 Å². The molecule has 0 aliphatic carbocycles. The predicted octanol–water partition coefficient (Wildman–Crippen LogP) is 4.07. The summed E-state index contributed by atoms with van der Waals surface area (Å²) in [6, 6.07) is 5.30. The van der Waals surface area contributed by atoms with E-state index in [0.717, 1.165) is 23.8 Å². The maximum atomic E-state index is 14.3. The number of thiocarbonyl (C=S) groups is 1. The molecule has 0 spiro atoms. The summed E-state index contributed by atoms with van der Waals surface area (Å²) in [4.78, 5) is 12.4. The molecular weight excluding hydrogens is 515 g/mol. The summed E-state index contributed by atoms with van der Waals surface area (Å²) >= 11 is 5.27. The predicted molar refractivity (Wildman–Crippen MR) is 134 cm³/mol. The lowest BCUT2D eigenvalue weighted by atomic mass is 10.0. The third kappa shape index (κ3) is 5.66. The summed E-state index contributed by atoms with van der Waals surface area (Å²) in [6.45, 7) is 4.86. The fourth-order valence-corrected chi connectivity index (χ4v) is 5.62. The molecule has 0 atom stereocenters. The van der Waals surface area contributed by atoms with E-state index in [2.05, 4.69) is 9.97 Å². The minimum absolute atomic E-state index is 0.102. The molecule has 0 radical (unpaired) electrons. The van der Waals surface area contributed by atoms with Crippen molar-refractivity contribution in [2.45, 2.75) is 56.5 Å². The standard InChI is InChI=1S/C23H28F3N5O3S2/c1-15(2)34-22(35)29-9-7-17(8-10-29)31(23(24,25)26)21-13-20(27-14-28-21)30-11-6-16-12-18(36(3,32)33)4-5-19(16)30/h4-5,12-15,17H,6-11H2,1-3H3. The Kier molecular flexibility index (Phi) is 7.33. The van der Waals surface area contributed by atoms with Gasteiger partial charge >= 0.3 is 6.30 Å². The van der Waals surface area contributed by atoms with Gasteiger partial charge in [-0.25, -0.2) is 18.4 Å². The first-order chi connectivity index (χ1) is 16.8. The van der Waals surface area contributed by atoms with Gasteiger partial charge in [-0.05, 0) is 69.1 Å². The molecule has 1 saturated heterocycles. The van der Waals surface area contributed by atoms with Gasteiger partial charge in [-0.15, -0.1) is 0 Å². The summed E-state index contributed by atoms with van der Waals surface area (Å²) in [6.07, 6.45) is -1.44. The fraction of sp³-hybridized carbons (Fsp3) is 0.522. The van der Waals surface area contributed by atoms with Crippen LogP contribution in [-0.2, 0) is 21.0 Å². The van der Waals surface area contributed by atoms with E-state index in [-0.39, 0.29) is 29.7 Å². The lowest BCUT2D eigenvalue weighted by Crippen LogP contribution is -2.52. The number of rotatable bonds is 5. The van der Waals surface area contributed by atoms with Crippen LogP contribution >= 0.6 is 12.2 Å². The summed E-state index contributed by atoms with van der Waals surface area (Å²) in [5.74, 6) is 0.0946. The van der Waals surface area contributed by atoms with Gasteiger partial charge in [0, 0.05) is 43.7 Å². The van der Waals surface area contributed by atoms with Crippen molar-refractivity contribution in [3.8, 4) is 0 Å². The lowest BCUT2D eigenvalue weighted by molar-refractivity contribution is -0.137. The maximum Gasteiger partial charge on any atom is 0.486 e. The van der Waals surface area contributed by atoms with E-state index in [0.29, 0.717) is 41.9 Å². The Balaban J connectivity index is 1.56. The highest BCUT2D eigenvalue weighted by molar-refractivity contribution is 7.90. The smallest absolute Gasteiger partial charge is 0.468 e. The van der Waals surface area contributed by atoms with Gasteiger partial charge in [0.05, 0.1) is 11.0 Å². The Morgan fingerprint density at radius 2 is 1.86 bits per heavy atom. The minimum atomic E-state index is -4.64. The van der Waals surface area contributed by atoms with Gasteiger partial charge < -0.3 is 14.5 Å². The quantitative estimate of drug-likeness (QED) is 0.410. The number of anilines is 3. The zero-order valence-electron chi connectivity index (χ0n) is 20.2. The summed E-state index contributed by atoms with van der Waals surface area (Å²) in [7, 11) is -3.36.